The van der Waals surface area contributed by atoms with E-state index in [1.165, 1.54) is 30.2 Å². The minimum Gasteiger partial charge on any atom is -0.354 e. The fourth-order valence-electron chi connectivity index (χ4n) is 3.69. The van der Waals surface area contributed by atoms with E-state index in [-0.39, 0.29) is 11.3 Å². The number of hydrogen-bond donors (Lipinski definition) is 1. The molecular formula is C18H23N5OS. The second kappa shape index (κ2) is 7.15. The van der Waals surface area contributed by atoms with Crippen molar-refractivity contribution in [2.75, 3.05) is 12.3 Å². The van der Waals surface area contributed by atoms with Gasteiger partial charge in [0.1, 0.15) is 0 Å². The van der Waals surface area contributed by atoms with Gasteiger partial charge >= 0.3 is 0 Å². The molecule has 0 spiro atoms. The fourth-order valence-corrected chi connectivity index (χ4v) is 4.46. The van der Waals surface area contributed by atoms with Gasteiger partial charge in [0.25, 0.3) is 0 Å². The first-order valence-corrected chi connectivity index (χ1v) is 9.98. The van der Waals surface area contributed by atoms with Crippen molar-refractivity contribution in [2.45, 2.75) is 55.1 Å². The number of benzene rings is 1. The van der Waals surface area contributed by atoms with Crippen LogP contribution in [0.4, 0.5) is 0 Å². The molecule has 2 aromatic rings. The monoisotopic (exact) mass is 357 g/mol. The molecule has 6 nitrogen and oxygen atoms in total. The van der Waals surface area contributed by atoms with Crippen LogP contribution in [0.3, 0.4) is 0 Å². The van der Waals surface area contributed by atoms with Gasteiger partial charge in [0.05, 0.1) is 11.8 Å². The predicted octanol–water partition coefficient (Wildman–Crippen LogP) is 2.73. The number of carbonyl (C=O) groups is 1. The molecule has 0 bridgehead atoms. The van der Waals surface area contributed by atoms with E-state index in [0.717, 1.165) is 30.8 Å². The van der Waals surface area contributed by atoms with Crippen molar-refractivity contribution in [3.8, 4) is 0 Å². The van der Waals surface area contributed by atoms with Crippen LogP contribution in [0.2, 0.25) is 0 Å². The minimum absolute atomic E-state index is 0.0533. The Morgan fingerprint density at radius 1 is 1.24 bits per heavy atom. The molecule has 25 heavy (non-hydrogen) atoms. The Labute approximate surface area is 151 Å². The third-order valence-electron chi connectivity index (χ3n) is 5.26. The van der Waals surface area contributed by atoms with E-state index in [1.807, 2.05) is 10.7 Å². The molecular weight excluding hydrogens is 334 g/mol. The maximum absolute atomic E-state index is 12.4. The number of carbonyl (C=O) groups excluding carboxylic acids is 1. The van der Waals surface area contributed by atoms with E-state index in [4.69, 9.17) is 0 Å². The van der Waals surface area contributed by atoms with Gasteiger partial charge in [0.2, 0.25) is 11.1 Å². The predicted molar refractivity (Wildman–Crippen MR) is 96.4 cm³/mol. The van der Waals surface area contributed by atoms with Crippen LogP contribution in [0.5, 0.6) is 0 Å². The molecule has 0 aliphatic heterocycles. The summed E-state index contributed by atoms with van der Waals surface area (Å²) in [7, 11) is 0. The molecule has 2 saturated carbocycles. The van der Waals surface area contributed by atoms with E-state index in [2.05, 4.69) is 45.1 Å². The van der Waals surface area contributed by atoms with Gasteiger partial charge in [-0.15, -0.1) is 5.10 Å². The van der Waals surface area contributed by atoms with E-state index >= 15 is 0 Å². The van der Waals surface area contributed by atoms with Crippen LogP contribution >= 0.6 is 11.8 Å². The van der Waals surface area contributed by atoms with Crippen molar-refractivity contribution in [3.05, 3.63) is 35.9 Å². The summed E-state index contributed by atoms with van der Waals surface area (Å²) in [5, 5.41) is 15.7. The molecule has 0 radical (unpaired) electrons. The number of hydrogen-bond acceptors (Lipinski definition) is 5. The average molecular weight is 357 g/mol. The third kappa shape index (κ3) is 3.71. The smallest absolute Gasteiger partial charge is 0.230 e. The number of nitrogens with one attached hydrogen (secondary N) is 1. The average Bonchev–Trinajstić information content (AvgIpc) is 3.19. The molecule has 2 aliphatic carbocycles. The van der Waals surface area contributed by atoms with Gasteiger partial charge in [0, 0.05) is 12.0 Å². The highest BCUT2D eigenvalue weighted by Gasteiger charge is 2.35. The highest BCUT2D eigenvalue weighted by molar-refractivity contribution is 7.99. The summed E-state index contributed by atoms with van der Waals surface area (Å²) in [6.07, 6.45) is 7.01. The lowest BCUT2D eigenvalue weighted by atomic mass is 9.79. The summed E-state index contributed by atoms with van der Waals surface area (Å²) in [5.41, 5.74) is 1.44. The molecule has 0 atom stereocenters. The van der Waals surface area contributed by atoms with Crippen LogP contribution in [-0.2, 0) is 10.2 Å². The lowest BCUT2D eigenvalue weighted by molar-refractivity contribution is -0.118. The van der Waals surface area contributed by atoms with Crippen LogP contribution in [0.25, 0.3) is 0 Å². The molecule has 1 aromatic carbocycles. The van der Waals surface area contributed by atoms with Crippen molar-refractivity contribution in [3.63, 3.8) is 0 Å². The molecule has 1 heterocycles. The quantitative estimate of drug-likeness (QED) is 0.772. The molecule has 1 N–H and O–H groups in total. The van der Waals surface area contributed by atoms with Gasteiger partial charge in [0.15, 0.2) is 0 Å². The van der Waals surface area contributed by atoms with Gasteiger partial charge in [-0.3, -0.25) is 4.79 Å². The van der Waals surface area contributed by atoms with E-state index in [0.29, 0.717) is 18.3 Å². The highest BCUT2D eigenvalue weighted by Crippen LogP contribution is 2.40. The summed E-state index contributed by atoms with van der Waals surface area (Å²) in [4.78, 5) is 12.4. The highest BCUT2D eigenvalue weighted by atomic mass is 32.2. The van der Waals surface area contributed by atoms with Gasteiger partial charge < -0.3 is 5.32 Å². The van der Waals surface area contributed by atoms with Crippen molar-refractivity contribution < 1.29 is 4.79 Å². The van der Waals surface area contributed by atoms with Crippen LogP contribution in [-0.4, -0.2) is 38.4 Å². The van der Waals surface area contributed by atoms with Crippen LogP contribution in [0.1, 0.15) is 50.1 Å². The second-order valence-electron chi connectivity index (χ2n) is 7.06. The molecule has 132 valence electrons. The normalized spacial score (nSPS) is 19.0. The molecule has 0 unspecified atom stereocenters. The zero-order chi connectivity index (χ0) is 17.1. The molecule has 2 aliphatic rings. The first kappa shape index (κ1) is 16.6. The van der Waals surface area contributed by atoms with Gasteiger partial charge in [-0.1, -0.05) is 54.9 Å². The maximum Gasteiger partial charge on any atom is 0.230 e. The lowest BCUT2D eigenvalue weighted by Gasteiger charge is -2.30. The number of rotatable bonds is 7. The molecule has 1 aromatic heterocycles. The van der Waals surface area contributed by atoms with Crippen LogP contribution < -0.4 is 5.32 Å². The Hall–Kier alpha value is -1.89. The maximum atomic E-state index is 12.4. The lowest BCUT2D eigenvalue weighted by Crippen LogP contribution is -2.39. The first-order valence-electron chi connectivity index (χ1n) is 9.00. The summed E-state index contributed by atoms with van der Waals surface area (Å²) >= 11 is 1.42. The Bertz CT molecular complexity index is 722. The van der Waals surface area contributed by atoms with Crippen molar-refractivity contribution in [1.82, 2.24) is 25.5 Å². The number of thioether (sulfide) groups is 1. The Morgan fingerprint density at radius 3 is 2.72 bits per heavy atom. The van der Waals surface area contributed by atoms with Gasteiger partial charge in [-0.2, -0.15) is 0 Å². The largest absolute Gasteiger partial charge is 0.354 e. The SMILES string of the molecule is O=C(CSc1nnnn1C1CC1)NCC1(c2ccccc2)CCCC1. The zero-order valence-electron chi connectivity index (χ0n) is 14.2. The molecule has 7 heteroatoms. The Morgan fingerprint density at radius 2 is 2.00 bits per heavy atom. The number of aromatic nitrogens is 4. The minimum atomic E-state index is 0.0533. The third-order valence-corrected chi connectivity index (χ3v) is 6.19. The van der Waals surface area contributed by atoms with E-state index in [9.17, 15) is 4.79 Å². The second-order valence-corrected chi connectivity index (χ2v) is 8.00. The molecule has 4 rings (SSSR count). The summed E-state index contributed by atoms with van der Waals surface area (Å²) in [6, 6.07) is 11.0. The van der Waals surface area contributed by atoms with Crippen LogP contribution in [0.15, 0.2) is 35.5 Å². The van der Waals surface area contributed by atoms with Crippen molar-refractivity contribution in [1.29, 1.82) is 0 Å². The molecule has 0 saturated heterocycles. The fraction of sp³-hybridized carbons (Fsp3) is 0.556. The topological polar surface area (TPSA) is 72.7 Å². The van der Waals surface area contributed by atoms with E-state index in [1.54, 1.807) is 0 Å². The number of amides is 1. The number of nitrogens with zero attached hydrogens (tertiary/aromatic N) is 4. The van der Waals surface area contributed by atoms with Gasteiger partial charge in [-0.05, 0) is 41.7 Å². The molecule has 2 fully saturated rings. The summed E-state index contributed by atoms with van der Waals surface area (Å²) in [5.74, 6) is 0.412. The Kier molecular flexibility index (Phi) is 4.74. The standard InChI is InChI=1S/C18H23N5OS/c24-16(12-25-17-20-21-22-23(17)15-8-9-15)19-13-18(10-4-5-11-18)14-6-2-1-3-7-14/h1-3,6-7,15H,4-5,8-13H2,(H,19,24). The van der Waals surface area contributed by atoms with Crippen molar-refractivity contribution >= 4 is 17.7 Å². The first-order chi connectivity index (χ1) is 12.3. The Balaban J connectivity index is 1.33. The summed E-state index contributed by atoms with van der Waals surface area (Å²) in [6.45, 7) is 0.712. The van der Waals surface area contributed by atoms with Crippen LogP contribution in [0, 0.1) is 0 Å². The molecule has 1 amide bonds. The van der Waals surface area contributed by atoms with Gasteiger partial charge in [-0.25, -0.2) is 4.68 Å². The van der Waals surface area contributed by atoms with Crippen molar-refractivity contribution in [2.24, 2.45) is 0 Å². The zero-order valence-corrected chi connectivity index (χ0v) is 15.0. The van der Waals surface area contributed by atoms with E-state index < -0.39 is 0 Å². The number of tetrazole rings is 1. The summed E-state index contributed by atoms with van der Waals surface area (Å²) < 4.78 is 1.85.